The molecule has 0 atom stereocenters. The molecule has 5 heteroatoms. The molecule has 23 heavy (non-hydrogen) atoms. The Kier molecular flexibility index (Phi) is 4.65. The molecule has 0 spiro atoms. The summed E-state index contributed by atoms with van der Waals surface area (Å²) in [6.07, 6.45) is 4.41. The predicted molar refractivity (Wildman–Crippen MR) is 90.1 cm³/mol. The summed E-state index contributed by atoms with van der Waals surface area (Å²) in [5, 5.41) is 0. The van der Waals surface area contributed by atoms with Crippen molar-refractivity contribution in [3.8, 4) is 11.6 Å². The van der Waals surface area contributed by atoms with Crippen molar-refractivity contribution in [1.82, 2.24) is 9.97 Å². The Morgan fingerprint density at radius 3 is 2.91 bits per heavy atom. The van der Waals surface area contributed by atoms with Gasteiger partial charge in [0.1, 0.15) is 5.75 Å². The zero-order valence-corrected chi connectivity index (χ0v) is 14.0. The molecule has 1 aromatic carbocycles. The Bertz CT molecular complexity index is 673. The van der Waals surface area contributed by atoms with Crippen LogP contribution in [-0.2, 0) is 13.0 Å². The summed E-state index contributed by atoms with van der Waals surface area (Å²) in [7, 11) is 1.73. The molecule has 1 aliphatic rings. The smallest absolute Gasteiger partial charge is 0.234 e. The predicted octanol–water partition coefficient (Wildman–Crippen LogP) is 3.08. The van der Waals surface area contributed by atoms with Crippen molar-refractivity contribution in [2.45, 2.75) is 26.8 Å². The standard InChI is InChI=1S/C18H23N3O2/c1-13(2)12-23-18-10-19-9-17(20-18)21-8-7-15-14(11-21)5-4-6-16(15)22-3/h4-6,9-10,13H,7-8,11-12H2,1-3H3. The van der Waals surface area contributed by atoms with Crippen LogP contribution in [0.3, 0.4) is 0 Å². The highest BCUT2D eigenvalue weighted by atomic mass is 16.5. The summed E-state index contributed by atoms with van der Waals surface area (Å²) in [4.78, 5) is 11.1. The first-order chi connectivity index (χ1) is 11.2. The second-order valence-electron chi connectivity index (χ2n) is 6.19. The maximum Gasteiger partial charge on any atom is 0.234 e. The molecule has 0 fully saturated rings. The van der Waals surface area contributed by atoms with Crippen LogP contribution >= 0.6 is 0 Å². The minimum Gasteiger partial charge on any atom is -0.496 e. The second-order valence-corrected chi connectivity index (χ2v) is 6.19. The van der Waals surface area contributed by atoms with Gasteiger partial charge >= 0.3 is 0 Å². The lowest BCUT2D eigenvalue weighted by atomic mass is 9.99. The highest BCUT2D eigenvalue weighted by molar-refractivity contribution is 5.48. The minimum absolute atomic E-state index is 0.467. The van der Waals surface area contributed by atoms with E-state index in [1.165, 1.54) is 11.1 Å². The van der Waals surface area contributed by atoms with Crippen LogP contribution in [-0.4, -0.2) is 30.2 Å². The molecule has 0 radical (unpaired) electrons. The average Bonchev–Trinajstić information content (AvgIpc) is 2.59. The molecule has 0 saturated carbocycles. The lowest BCUT2D eigenvalue weighted by Gasteiger charge is -2.30. The van der Waals surface area contributed by atoms with E-state index in [1.807, 2.05) is 12.1 Å². The summed E-state index contributed by atoms with van der Waals surface area (Å²) >= 11 is 0. The highest BCUT2D eigenvalue weighted by Crippen LogP contribution is 2.29. The second kappa shape index (κ2) is 6.86. The summed E-state index contributed by atoms with van der Waals surface area (Å²) in [5.74, 6) is 2.89. The minimum atomic E-state index is 0.467. The van der Waals surface area contributed by atoms with Crippen molar-refractivity contribution in [2.24, 2.45) is 5.92 Å². The Morgan fingerprint density at radius 2 is 2.13 bits per heavy atom. The zero-order chi connectivity index (χ0) is 16.2. The molecule has 2 aromatic rings. The number of rotatable bonds is 5. The lowest BCUT2D eigenvalue weighted by Crippen LogP contribution is -2.31. The highest BCUT2D eigenvalue weighted by Gasteiger charge is 2.20. The lowest BCUT2D eigenvalue weighted by molar-refractivity contribution is 0.260. The van der Waals surface area contributed by atoms with Gasteiger partial charge in [-0.1, -0.05) is 26.0 Å². The Balaban J connectivity index is 1.77. The van der Waals surface area contributed by atoms with Gasteiger partial charge < -0.3 is 14.4 Å². The number of hydrogen-bond acceptors (Lipinski definition) is 5. The van der Waals surface area contributed by atoms with E-state index in [-0.39, 0.29) is 0 Å². The first-order valence-electron chi connectivity index (χ1n) is 8.02. The van der Waals surface area contributed by atoms with E-state index < -0.39 is 0 Å². The van der Waals surface area contributed by atoms with Crippen LogP contribution in [0.4, 0.5) is 5.82 Å². The van der Waals surface area contributed by atoms with Crippen LogP contribution in [0.25, 0.3) is 0 Å². The quantitative estimate of drug-likeness (QED) is 0.849. The van der Waals surface area contributed by atoms with Gasteiger partial charge in [0.05, 0.1) is 26.1 Å². The fourth-order valence-corrected chi connectivity index (χ4v) is 2.77. The third-order valence-corrected chi connectivity index (χ3v) is 3.93. The molecule has 122 valence electrons. The number of fused-ring (bicyclic) bond motifs is 1. The number of nitrogens with zero attached hydrogens (tertiary/aromatic N) is 3. The molecular formula is C18H23N3O2. The topological polar surface area (TPSA) is 47.5 Å². The van der Waals surface area contributed by atoms with Crippen molar-refractivity contribution in [2.75, 3.05) is 25.2 Å². The summed E-state index contributed by atoms with van der Waals surface area (Å²) in [6.45, 7) is 6.60. The molecule has 0 unspecified atom stereocenters. The van der Waals surface area contributed by atoms with E-state index in [2.05, 4.69) is 34.8 Å². The molecule has 0 bridgehead atoms. The summed E-state index contributed by atoms with van der Waals surface area (Å²) in [5.41, 5.74) is 2.58. The molecule has 2 heterocycles. The Labute approximate surface area is 137 Å². The van der Waals surface area contributed by atoms with Gasteiger partial charge in [-0.05, 0) is 24.0 Å². The van der Waals surface area contributed by atoms with Crippen molar-refractivity contribution >= 4 is 5.82 Å². The Morgan fingerprint density at radius 1 is 1.26 bits per heavy atom. The van der Waals surface area contributed by atoms with Gasteiger partial charge in [-0.3, -0.25) is 4.98 Å². The molecule has 0 saturated heterocycles. The fourth-order valence-electron chi connectivity index (χ4n) is 2.77. The molecular weight excluding hydrogens is 290 g/mol. The molecule has 1 aliphatic heterocycles. The molecule has 5 nitrogen and oxygen atoms in total. The third-order valence-electron chi connectivity index (χ3n) is 3.93. The number of ether oxygens (including phenoxy) is 2. The van der Waals surface area contributed by atoms with E-state index in [0.717, 1.165) is 31.1 Å². The van der Waals surface area contributed by atoms with Gasteiger partial charge in [-0.2, -0.15) is 4.98 Å². The van der Waals surface area contributed by atoms with Gasteiger partial charge in [0, 0.05) is 18.7 Å². The van der Waals surface area contributed by atoms with Gasteiger partial charge in [0.2, 0.25) is 5.88 Å². The first kappa shape index (κ1) is 15.6. The van der Waals surface area contributed by atoms with Crippen LogP contribution in [0, 0.1) is 5.92 Å². The van der Waals surface area contributed by atoms with Crippen molar-refractivity contribution in [3.63, 3.8) is 0 Å². The maximum atomic E-state index is 5.68. The van der Waals surface area contributed by atoms with Gasteiger partial charge in [-0.25, -0.2) is 0 Å². The van der Waals surface area contributed by atoms with E-state index >= 15 is 0 Å². The van der Waals surface area contributed by atoms with E-state index in [9.17, 15) is 0 Å². The number of benzene rings is 1. The molecule has 1 aromatic heterocycles. The number of methoxy groups -OCH3 is 1. The monoisotopic (exact) mass is 313 g/mol. The van der Waals surface area contributed by atoms with Crippen LogP contribution in [0.2, 0.25) is 0 Å². The average molecular weight is 313 g/mol. The normalized spacial score (nSPS) is 13.8. The molecule has 0 N–H and O–H groups in total. The van der Waals surface area contributed by atoms with Crippen LogP contribution in [0.5, 0.6) is 11.6 Å². The van der Waals surface area contributed by atoms with Gasteiger partial charge in [-0.15, -0.1) is 0 Å². The number of hydrogen-bond donors (Lipinski definition) is 0. The van der Waals surface area contributed by atoms with Crippen LogP contribution in [0.15, 0.2) is 30.6 Å². The summed E-state index contributed by atoms with van der Waals surface area (Å²) < 4.78 is 11.1. The van der Waals surface area contributed by atoms with Gasteiger partial charge in [0.15, 0.2) is 5.82 Å². The van der Waals surface area contributed by atoms with Crippen LogP contribution < -0.4 is 14.4 Å². The third kappa shape index (κ3) is 3.55. The fraction of sp³-hybridized carbons (Fsp3) is 0.444. The van der Waals surface area contributed by atoms with Crippen molar-refractivity contribution in [3.05, 3.63) is 41.7 Å². The van der Waals surface area contributed by atoms with Crippen LogP contribution in [0.1, 0.15) is 25.0 Å². The largest absolute Gasteiger partial charge is 0.496 e. The summed E-state index contributed by atoms with van der Waals surface area (Å²) in [6, 6.07) is 6.21. The first-order valence-corrected chi connectivity index (χ1v) is 8.02. The Hall–Kier alpha value is -2.30. The van der Waals surface area contributed by atoms with E-state index in [4.69, 9.17) is 9.47 Å². The molecule has 0 aliphatic carbocycles. The molecule has 3 rings (SSSR count). The van der Waals surface area contributed by atoms with E-state index in [1.54, 1.807) is 19.5 Å². The maximum absolute atomic E-state index is 5.68. The number of anilines is 1. The van der Waals surface area contributed by atoms with Crippen molar-refractivity contribution < 1.29 is 9.47 Å². The molecule has 0 amide bonds. The SMILES string of the molecule is COc1cccc2c1CCN(c1cncc(OCC(C)C)n1)C2. The number of aromatic nitrogens is 2. The van der Waals surface area contributed by atoms with E-state index in [0.29, 0.717) is 18.4 Å². The zero-order valence-electron chi connectivity index (χ0n) is 14.0. The van der Waals surface area contributed by atoms with Gasteiger partial charge in [0.25, 0.3) is 0 Å². The van der Waals surface area contributed by atoms with Crippen molar-refractivity contribution in [1.29, 1.82) is 0 Å².